The molecule has 5 heteroatoms. The van der Waals surface area contributed by atoms with Gasteiger partial charge in [0.25, 0.3) is 0 Å². The van der Waals surface area contributed by atoms with E-state index in [2.05, 4.69) is 0 Å². The molecule has 1 aromatic rings. The Morgan fingerprint density at radius 2 is 2.07 bits per heavy atom. The van der Waals surface area contributed by atoms with Crippen LogP contribution in [0.25, 0.3) is 0 Å². The molecule has 0 N–H and O–H groups in total. The molecule has 0 aliphatic heterocycles. The fraction of sp³-hybridized carbons (Fsp3) is 0.444. The Labute approximate surface area is 77.7 Å². The van der Waals surface area contributed by atoms with Gasteiger partial charge in [0.2, 0.25) is 0 Å². The molecule has 76 valence electrons. The van der Waals surface area contributed by atoms with Crippen molar-refractivity contribution in [2.24, 2.45) is 5.92 Å². The highest BCUT2D eigenvalue weighted by atomic mass is 19.4. The van der Waals surface area contributed by atoms with E-state index in [0.717, 1.165) is 0 Å². The molecule has 2 nitrogen and oxygen atoms in total. The van der Waals surface area contributed by atoms with Crippen LogP contribution in [0.4, 0.5) is 13.2 Å². The standard InChI is InChI=1S/C9H7F3O2/c10-9(11,12)5-3-7(13)6-1-2-14-8(6)4-5/h1-2,5H,3-4H2. The Balaban J connectivity index is 2.30. The number of Topliss-reactive ketones (excluding diaryl/α,β-unsaturated/α-hetero) is 1. The molecule has 0 radical (unpaired) electrons. The molecule has 1 unspecified atom stereocenters. The Hall–Kier alpha value is -1.26. The van der Waals surface area contributed by atoms with Gasteiger partial charge in [-0.2, -0.15) is 13.2 Å². The number of halogens is 3. The Morgan fingerprint density at radius 1 is 1.36 bits per heavy atom. The number of alkyl halides is 3. The maximum atomic E-state index is 12.3. The second-order valence-electron chi connectivity index (χ2n) is 3.33. The molecule has 14 heavy (non-hydrogen) atoms. The highest BCUT2D eigenvalue weighted by molar-refractivity contribution is 5.98. The lowest BCUT2D eigenvalue weighted by Gasteiger charge is -2.22. The molecule has 1 aliphatic rings. The summed E-state index contributed by atoms with van der Waals surface area (Å²) < 4.78 is 41.8. The second kappa shape index (κ2) is 2.87. The van der Waals surface area contributed by atoms with Crippen molar-refractivity contribution in [1.29, 1.82) is 0 Å². The molecule has 1 aromatic heterocycles. The molecule has 0 saturated heterocycles. The van der Waals surface area contributed by atoms with Gasteiger partial charge in [-0.25, -0.2) is 0 Å². The largest absolute Gasteiger partial charge is 0.469 e. The number of ketones is 1. The molecule has 0 fully saturated rings. The Bertz CT molecular complexity index is 364. The lowest BCUT2D eigenvalue weighted by Crippen LogP contribution is -2.31. The molecule has 0 spiro atoms. The molecule has 1 heterocycles. The van der Waals surface area contributed by atoms with Gasteiger partial charge in [0.1, 0.15) is 5.76 Å². The third-order valence-electron chi connectivity index (χ3n) is 2.37. The van der Waals surface area contributed by atoms with Crippen LogP contribution in [0.3, 0.4) is 0 Å². The molecule has 0 aromatic carbocycles. The second-order valence-corrected chi connectivity index (χ2v) is 3.33. The summed E-state index contributed by atoms with van der Waals surface area (Å²) in [6, 6.07) is 1.42. The number of hydrogen-bond donors (Lipinski definition) is 0. The average Bonchev–Trinajstić information content (AvgIpc) is 2.50. The Kier molecular flexibility index (Phi) is 1.90. The molecule has 0 amide bonds. The van der Waals surface area contributed by atoms with Gasteiger partial charge < -0.3 is 4.42 Å². The van der Waals surface area contributed by atoms with E-state index in [9.17, 15) is 18.0 Å². The van der Waals surface area contributed by atoms with Crippen LogP contribution in [-0.4, -0.2) is 12.0 Å². The zero-order valence-corrected chi connectivity index (χ0v) is 7.10. The molecular weight excluding hydrogens is 197 g/mol. The van der Waals surface area contributed by atoms with Crippen LogP contribution < -0.4 is 0 Å². The van der Waals surface area contributed by atoms with Crippen LogP contribution in [-0.2, 0) is 6.42 Å². The lowest BCUT2D eigenvalue weighted by atomic mass is 9.87. The predicted molar refractivity (Wildman–Crippen MR) is 40.9 cm³/mol. The smallest absolute Gasteiger partial charge is 0.392 e. The van der Waals surface area contributed by atoms with Gasteiger partial charge in [0.05, 0.1) is 17.7 Å². The molecule has 0 bridgehead atoms. The van der Waals surface area contributed by atoms with E-state index < -0.39 is 24.3 Å². The van der Waals surface area contributed by atoms with E-state index in [4.69, 9.17) is 4.42 Å². The van der Waals surface area contributed by atoms with Gasteiger partial charge >= 0.3 is 6.18 Å². The van der Waals surface area contributed by atoms with Crippen molar-refractivity contribution in [2.75, 3.05) is 0 Å². The van der Waals surface area contributed by atoms with Crippen LogP contribution in [0.5, 0.6) is 0 Å². The van der Waals surface area contributed by atoms with Crippen molar-refractivity contribution in [3.63, 3.8) is 0 Å². The maximum Gasteiger partial charge on any atom is 0.392 e. The third-order valence-corrected chi connectivity index (χ3v) is 2.37. The highest BCUT2D eigenvalue weighted by Crippen LogP contribution is 2.37. The van der Waals surface area contributed by atoms with Crippen molar-refractivity contribution in [3.8, 4) is 0 Å². The van der Waals surface area contributed by atoms with Gasteiger partial charge in [0, 0.05) is 12.8 Å². The average molecular weight is 204 g/mol. The summed E-state index contributed by atoms with van der Waals surface area (Å²) in [6.07, 6.45) is -3.75. The van der Waals surface area contributed by atoms with E-state index in [1.807, 2.05) is 0 Å². The van der Waals surface area contributed by atoms with Crippen LogP contribution in [0.15, 0.2) is 16.7 Å². The van der Waals surface area contributed by atoms with E-state index >= 15 is 0 Å². The molecular formula is C9H7F3O2. The van der Waals surface area contributed by atoms with Gasteiger partial charge in [-0.05, 0) is 6.07 Å². The zero-order chi connectivity index (χ0) is 10.3. The molecule has 2 rings (SSSR count). The van der Waals surface area contributed by atoms with Crippen LogP contribution in [0, 0.1) is 5.92 Å². The van der Waals surface area contributed by atoms with Crippen molar-refractivity contribution >= 4 is 5.78 Å². The first-order valence-corrected chi connectivity index (χ1v) is 4.15. The van der Waals surface area contributed by atoms with Crippen LogP contribution in [0.1, 0.15) is 22.5 Å². The minimum absolute atomic E-state index is 0.156. The van der Waals surface area contributed by atoms with Crippen LogP contribution in [0.2, 0.25) is 0 Å². The SMILES string of the molecule is O=C1CC(C(F)(F)F)Cc2occc21. The lowest BCUT2D eigenvalue weighted by molar-refractivity contribution is -0.174. The summed E-state index contributed by atoms with van der Waals surface area (Å²) in [6.45, 7) is 0. The van der Waals surface area contributed by atoms with Crippen molar-refractivity contribution in [1.82, 2.24) is 0 Å². The number of carbonyl (C=O) groups is 1. The summed E-state index contributed by atoms with van der Waals surface area (Å²) in [7, 11) is 0. The maximum absolute atomic E-state index is 12.3. The van der Waals surface area contributed by atoms with Crippen molar-refractivity contribution in [2.45, 2.75) is 19.0 Å². The minimum Gasteiger partial charge on any atom is -0.469 e. The number of carbonyl (C=O) groups excluding carboxylic acids is 1. The van der Waals surface area contributed by atoms with Gasteiger partial charge in [-0.15, -0.1) is 0 Å². The van der Waals surface area contributed by atoms with Gasteiger partial charge in [-0.3, -0.25) is 4.79 Å². The summed E-state index contributed by atoms with van der Waals surface area (Å²) in [5, 5.41) is 0. The van der Waals surface area contributed by atoms with E-state index in [0.29, 0.717) is 5.56 Å². The van der Waals surface area contributed by atoms with E-state index in [1.165, 1.54) is 12.3 Å². The Morgan fingerprint density at radius 3 is 2.71 bits per heavy atom. The zero-order valence-electron chi connectivity index (χ0n) is 7.10. The summed E-state index contributed by atoms with van der Waals surface area (Å²) in [5.74, 6) is -1.92. The quantitative estimate of drug-likeness (QED) is 0.650. The number of furan rings is 1. The summed E-state index contributed by atoms with van der Waals surface area (Å²) in [4.78, 5) is 11.2. The number of hydrogen-bond acceptors (Lipinski definition) is 2. The van der Waals surface area contributed by atoms with E-state index in [-0.39, 0.29) is 12.2 Å². The molecule has 1 atom stereocenters. The molecule has 1 aliphatic carbocycles. The fourth-order valence-electron chi connectivity index (χ4n) is 1.61. The highest BCUT2D eigenvalue weighted by Gasteiger charge is 2.44. The van der Waals surface area contributed by atoms with E-state index in [1.54, 1.807) is 0 Å². The van der Waals surface area contributed by atoms with Crippen LogP contribution >= 0.6 is 0 Å². The first-order valence-electron chi connectivity index (χ1n) is 4.15. The summed E-state index contributed by atoms with van der Waals surface area (Å²) in [5.41, 5.74) is 0.297. The number of rotatable bonds is 0. The normalized spacial score (nSPS) is 22.2. The first kappa shape index (κ1) is 9.30. The van der Waals surface area contributed by atoms with Gasteiger partial charge in [-0.1, -0.05) is 0 Å². The first-order chi connectivity index (χ1) is 6.48. The molecule has 0 saturated carbocycles. The topological polar surface area (TPSA) is 30.2 Å². The minimum atomic E-state index is -4.32. The van der Waals surface area contributed by atoms with Crippen molar-refractivity contribution in [3.05, 3.63) is 23.7 Å². The predicted octanol–water partition coefficient (Wildman–Crippen LogP) is 2.59. The van der Waals surface area contributed by atoms with Crippen molar-refractivity contribution < 1.29 is 22.4 Å². The monoisotopic (exact) mass is 204 g/mol. The van der Waals surface area contributed by atoms with Gasteiger partial charge in [0.15, 0.2) is 5.78 Å². The fourth-order valence-corrected chi connectivity index (χ4v) is 1.61. The third kappa shape index (κ3) is 1.42. The summed E-state index contributed by atoms with van der Waals surface area (Å²) >= 11 is 0. The number of fused-ring (bicyclic) bond motifs is 1.